The zero-order valence-corrected chi connectivity index (χ0v) is 15.4. The van der Waals surface area contributed by atoms with Crippen molar-refractivity contribution in [2.75, 3.05) is 0 Å². The van der Waals surface area contributed by atoms with E-state index in [0.717, 1.165) is 16.6 Å². The van der Waals surface area contributed by atoms with Crippen molar-refractivity contribution in [2.45, 2.75) is 13.1 Å². The van der Waals surface area contributed by atoms with Crippen LogP contribution < -0.4 is 0 Å². The normalized spacial score (nSPS) is 10.9. The molecule has 0 atom stereocenters. The maximum atomic E-state index is 13.3. The zero-order chi connectivity index (χ0) is 18.6. The van der Waals surface area contributed by atoms with E-state index in [9.17, 15) is 4.79 Å². The van der Waals surface area contributed by atoms with Gasteiger partial charge in [-0.25, -0.2) is 4.52 Å². The van der Waals surface area contributed by atoms with Gasteiger partial charge in [-0.15, -0.1) is 0 Å². The Balaban J connectivity index is 1.69. The molecule has 0 spiro atoms. The first kappa shape index (κ1) is 17.3. The van der Waals surface area contributed by atoms with Gasteiger partial charge in [-0.2, -0.15) is 5.10 Å². The molecule has 134 valence electrons. The molecule has 4 rings (SSSR count). The maximum absolute atomic E-state index is 13.3. The zero-order valence-electron chi connectivity index (χ0n) is 14.6. The van der Waals surface area contributed by atoms with Gasteiger partial charge in [0.1, 0.15) is 0 Å². The molecule has 4 aromatic rings. The monoisotopic (exact) mass is 375 g/mol. The number of benzene rings is 2. The quantitative estimate of drug-likeness (QED) is 0.501. The number of rotatable bonds is 5. The average molecular weight is 376 g/mol. The topological polar surface area (TPSA) is 37.6 Å². The first-order valence-electron chi connectivity index (χ1n) is 8.72. The van der Waals surface area contributed by atoms with Crippen molar-refractivity contribution in [3.8, 4) is 0 Å². The molecule has 0 radical (unpaired) electrons. The van der Waals surface area contributed by atoms with E-state index in [1.165, 1.54) is 0 Å². The van der Waals surface area contributed by atoms with Gasteiger partial charge in [-0.05, 0) is 23.3 Å². The Labute approximate surface area is 162 Å². The highest BCUT2D eigenvalue weighted by Gasteiger charge is 2.24. The number of carbonyl (C=O) groups excluding carboxylic acids is 1. The molecule has 0 bridgehead atoms. The van der Waals surface area contributed by atoms with Crippen LogP contribution in [0.5, 0.6) is 0 Å². The van der Waals surface area contributed by atoms with Crippen molar-refractivity contribution in [3.63, 3.8) is 0 Å². The summed E-state index contributed by atoms with van der Waals surface area (Å²) in [5.41, 5.74) is 3.11. The van der Waals surface area contributed by atoms with E-state index >= 15 is 0 Å². The van der Waals surface area contributed by atoms with Gasteiger partial charge < -0.3 is 4.90 Å². The lowest BCUT2D eigenvalue weighted by molar-refractivity contribution is 0.0724. The van der Waals surface area contributed by atoms with E-state index < -0.39 is 0 Å². The molecule has 1 amide bonds. The number of fused-ring (bicyclic) bond motifs is 1. The van der Waals surface area contributed by atoms with Gasteiger partial charge in [-0.1, -0.05) is 78.3 Å². The van der Waals surface area contributed by atoms with Crippen molar-refractivity contribution < 1.29 is 4.79 Å². The second kappa shape index (κ2) is 7.64. The summed E-state index contributed by atoms with van der Waals surface area (Å²) in [7, 11) is 0. The van der Waals surface area contributed by atoms with Crippen molar-refractivity contribution in [1.82, 2.24) is 14.5 Å². The molecular weight excluding hydrogens is 358 g/mol. The molecule has 0 N–H and O–H groups in total. The molecule has 2 heterocycles. The molecule has 2 aromatic heterocycles. The second-order valence-corrected chi connectivity index (χ2v) is 6.70. The Bertz CT molecular complexity index is 1020. The van der Waals surface area contributed by atoms with Gasteiger partial charge in [0.05, 0.1) is 10.5 Å². The minimum Gasteiger partial charge on any atom is -0.329 e. The highest BCUT2D eigenvalue weighted by atomic mass is 35.5. The highest BCUT2D eigenvalue weighted by Crippen LogP contribution is 2.24. The fourth-order valence-corrected chi connectivity index (χ4v) is 3.33. The second-order valence-electron chi connectivity index (χ2n) is 6.33. The average Bonchev–Trinajstić information content (AvgIpc) is 3.05. The molecule has 27 heavy (non-hydrogen) atoms. The Kier molecular flexibility index (Phi) is 4.90. The number of nitrogens with zero attached hydrogens (tertiary/aromatic N) is 3. The summed E-state index contributed by atoms with van der Waals surface area (Å²) in [6, 6.07) is 25.4. The van der Waals surface area contributed by atoms with Crippen LogP contribution >= 0.6 is 11.6 Å². The van der Waals surface area contributed by atoms with Gasteiger partial charge in [0.25, 0.3) is 5.91 Å². The van der Waals surface area contributed by atoms with Gasteiger partial charge in [0.15, 0.2) is 5.69 Å². The fraction of sp³-hybridized carbons (Fsp3) is 0.0909. The van der Waals surface area contributed by atoms with Crippen LogP contribution in [0.4, 0.5) is 0 Å². The fourth-order valence-electron chi connectivity index (χ4n) is 3.06. The van der Waals surface area contributed by atoms with Gasteiger partial charge >= 0.3 is 0 Å². The predicted molar refractivity (Wildman–Crippen MR) is 107 cm³/mol. The highest BCUT2D eigenvalue weighted by molar-refractivity contribution is 6.36. The third-order valence-corrected chi connectivity index (χ3v) is 4.77. The Morgan fingerprint density at radius 2 is 1.41 bits per heavy atom. The van der Waals surface area contributed by atoms with Crippen LogP contribution in [-0.2, 0) is 13.1 Å². The SMILES string of the molecule is O=C(c1nn2ccccc2c1Cl)N(Cc1ccccc1)Cc1ccccc1. The van der Waals surface area contributed by atoms with Crippen molar-refractivity contribution in [1.29, 1.82) is 0 Å². The summed E-state index contributed by atoms with van der Waals surface area (Å²) in [4.78, 5) is 15.1. The van der Waals surface area contributed by atoms with Gasteiger partial charge in [0, 0.05) is 19.3 Å². The standard InChI is InChI=1S/C22H18ClN3O/c23-20-19-13-7-8-14-26(19)24-21(20)22(27)25(15-17-9-3-1-4-10-17)16-18-11-5-2-6-12-18/h1-14H,15-16H2. The van der Waals surface area contributed by atoms with Crippen LogP contribution in [0.25, 0.3) is 5.52 Å². The molecule has 0 unspecified atom stereocenters. The van der Waals surface area contributed by atoms with Crippen LogP contribution in [0, 0.1) is 0 Å². The van der Waals surface area contributed by atoms with Crippen LogP contribution in [0.15, 0.2) is 85.1 Å². The lowest BCUT2D eigenvalue weighted by Gasteiger charge is -2.22. The molecule has 0 aliphatic carbocycles. The molecule has 4 nitrogen and oxygen atoms in total. The van der Waals surface area contributed by atoms with Crippen LogP contribution in [0.1, 0.15) is 21.6 Å². The smallest absolute Gasteiger partial charge is 0.276 e. The Hall–Kier alpha value is -3.11. The molecule has 5 heteroatoms. The molecular formula is C22H18ClN3O. The Morgan fingerprint density at radius 3 is 1.96 bits per heavy atom. The first-order valence-corrected chi connectivity index (χ1v) is 9.10. The molecule has 0 saturated heterocycles. The summed E-state index contributed by atoms with van der Waals surface area (Å²) in [6.07, 6.45) is 1.79. The van der Waals surface area contributed by atoms with E-state index in [0.29, 0.717) is 18.1 Å². The summed E-state index contributed by atoms with van der Waals surface area (Å²) >= 11 is 6.47. The number of hydrogen-bond donors (Lipinski definition) is 0. The van der Waals surface area contributed by atoms with E-state index in [-0.39, 0.29) is 11.6 Å². The summed E-state index contributed by atoms with van der Waals surface area (Å²) in [5.74, 6) is -0.184. The Morgan fingerprint density at radius 1 is 0.852 bits per heavy atom. The number of pyridine rings is 1. The molecule has 0 aliphatic heterocycles. The first-order chi connectivity index (χ1) is 13.2. The third kappa shape index (κ3) is 3.71. The van der Waals surface area contributed by atoms with Gasteiger partial charge in [-0.3, -0.25) is 4.79 Å². The molecule has 0 aliphatic rings. The summed E-state index contributed by atoms with van der Waals surface area (Å²) in [5, 5.41) is 4.79. The predicted octanol–water partition coefficient (Wildman–Crippen LogP) is 4.83. The number of halogens is 1. The van der Waals surface area contributed by atoms with Crippen molar-refractivity contribution >= 4 is 23.0 Å². The van der Waals surface area contributed by atoms with E-state index in [4.69, 9.17) is 11.6 Å². The number of hydrogen-bond acceptors (Lipinski definition) is 2. The largest absolute Gasteiger partial charge is 0.329 e. The molecule has 2 aromatic carbocycles. The molecule has 0 fully saturated rings. The molecule has 0 saturated carbocycles. The number of carbonyl (C=O) groups is 1. The van der Waals surface area contributed by atoms with Crippen LogP contribution in [0.2, 0.25) is 5.02 Å². The minimum atomic E-state index is -0.184. The van der Waals surface area contributed by atoms with Crippen LogP contribution in [0.3, 0.4) is 0 Å². The van der Waals surface area contributed by atoms with E-state index in [1.54, 1.807) is 15.6 Å². The maximum Gasteiger partial charge on any atom is 0.276 e. The lowest BCUT2D eigenvalue weighted by Crippen LogP contribution is -2.30. The summed E-state index contributed by atoms with van der Waals surface area (Å²) in [6.45, 7) is 0.970. The lowest BCUT2D eigenvalue weighted by atomic mass is 10.1. The van der Waals surface area contributed by atoms with Crippen molar-refractivity contribution in [2.24, 2.45) is 0 Å². The number of amides is 1. The summed E-state index contributed by atoms with van der Waals surface area (Å²) < 4.78 is 1.64. The van der Waals surface area contributed by atoms with E-state index in [1.807, 2.05) is 78.9 Å². The number of aromatic nitrogens is 2. The minimum absolute atomic E-state index is 0.184. The van der Waals surface area contributed by atoms with Crippen LogP contribution in [-0.4, -0.2) is 20.4 Å². The van der Waals surface area contributed by atoms with Crippen molar-refractivity contribution in [3.05, 3.63) is 107 Å². The van der Waals surface area contributed by atoms with E-state index in [2.05, 4.69) is 5.10 Å². The third-order valence-electron chi connectivity index (χ3n) is 4.40. The van der Waals surface area contributed by atoms with Gasteiger partial charge in [0.2, 0.25) is 0 Å².